The first kappa shape index (κ1) is 16.2. The number of rotatable bonds is 1. The first-order chi connectivity index (χ1) is 9.66. The van der Waals surface area contributed by atoms with Crippen LogP contribution < -0.4 is 5.73 Å². The molecule has 0 aliphatic heterocycles. The Labute approximate surface area is 139 Å². The highest BCUT2D eigenvalue weighted by molar-refractivity contribution is 9.10. The van der Waals surface area contributed by atoms with Crippen LogP contribution in [0, 0.1) is 0 Å². The molecule has 1 aliphatic rings. The highest BCUT2D eigenvalue weighted by atomic mass is 79.9. The van der Waals surface area contributed by atoms with Crippen LogP contribution >= 0.6 is 28.3 Å². The molecule has 21 heavy (non-hydrogen) atoms. The van der Waals surface area contributed by atoms with E-state index in [0.29, 0.717) is 6.42 Å². The Kier molecular flexibility index (Phi) is 5.20. The molecular weight excluding hydrogens is 350 g/mol. The second-order valence-electron chi connectivity index (χ2n) is 5.21. The first-order valence-corrected chi connectivity index (χ1v) is 7.60. The van der Waals surface area contributed by atoms with Crippen LogP contribution in [-0.2, 0) is 17.6 Å². The van der Waals surface area contributed by atoms with E-state index < -0.39 is 0 Å². The summed E-state index contributed by atoms with van der Waals surface area (Å²) in [6, 6.07) is 14.0. The topological polar surface area (TPSA) is 43.1 Å². The van der Waals surface area contributed by atoms with E-state index in [1.54, 1.807) is 0 Å². The Hall–Kier alpha value is -1.16. The summed E-state index contributed by atoms with van der Waals surface area (Å²) in [7, 11) is 0. The van der Waals surface area contributed by atoms with Crippen molar-refractivity contribution in [2.45, 2.75) is 25.3 Å². The van der Waals surface area contributed by atoms with Crippen molar-refractivity contribution in [1.29, 1.82) is 0 Å². The normalized spacial score (nSPS) is 17.6. The minimum Gasteiger partial charge on any atom is -0.321 e. The van der Waals surface area contributed by atoms with E-state index >= 15 is 0 Å². The molecule has 0 bridgehead atoms. The number of carbonyl (C=O) groups excluding carboxylic acids is 1. The molecule has 1 aliphatic carbocycles. The van der Waals surface area contributed by atoms with Gasteiger partial charge in [0, 0.05) is 10.9 Å². The summed E-state index contributed by atoms with van der Waals surface area (Å²) in [6.07, 6.45) is 2.01. The largest absolute Gasteiger partial charge is 0.321 e. The highest BCUT2D eigenvalue weighted by Crippen LogP contribution is 2.34. The lowest BCUT2D eigenvalue weighted by Crippen LogP contribution is -2.30. The molecule has 0 radical (unpaired) electrons. The number of Topliss-reactive ketones (excluding diaryl/α,β-unsaturated/α-hetero) is 1. The van der Waals surface area contributed by atoms with Crippen LogP contribution in [0.2, 0.25) is 0 Å². The molecule has 4 heteroatoms. The number of hydrogen-bond donors (Lipinski definition) is 1. The quantitative estimate of drug-likeness (QED) is 0.777. The van der Waals surface area contributed by atoms with E-state index in [4.69, 9.17) is 5.73 Å². The van der Waals surface area contributed by atoms with Gasteiger partial charge in [-0.3, -0.25) is 4.79 Å². The summed E-state index contributed by atoms with van der Waals surface area (Å²) in [4.78, 5) is 12.1. The van der Waals surface area contributed by atoms with Crippen molar-refractivity contribution in [3.05, 3.63) is 58.1 Å². The molecule has 0 aromatic heterocycles. The third kappa shape index (κ3) is 3.20. The van der Waals surface area contributed by atoms with Crippen LogP contribution in [0.5, 0.6) is 0 Å². The maximum atomic E-state index is 12.1. The molecular formula is C17H17BrClNO. The SMILES string of the molecule is Cl.NC1CCc2c(Br)ccc(-c3ccccc3)c2CC1=O. The number of fused-ring (bicyclic) bond motifs is 1. The molecule has 2 N–H and O–H groups in total. The van der Waals surface area contributed by atoms with Crippen molar-refractivity contribution >= 4 is 34.1 Å². The van der Waals surface area contributed by atoms with Gasteiger partial charge >= 0.3 is 0 Å². The van der Waals surface area contributed by atoms with Gasteiger partial charge in [-0.1, -0.05) is 52.3 Å². The summed E-state index contributed by atoms with van der Waals surface area (Å²) in [5.41, 5.74) is 10.6. The Morgan fingerprint density at radius 1 is 1.05 bits per heavy atom. The molecule has 0 spiro atoms. The zero-order chi connectivity index (χ0) is 14.1. The van der Waals surface area contributed by atoms with E-state index in [1.165, 1.54) is 5.56 Å². The predicted octanol–water partition coefficient (Wildman–Crippen LogP) is 3.92. The third-order valence-electron chi connectivity index (χ3n) is 3.93. The maximum absolute atomic E-state index is 12.1. The molecule has 0 heterocycles. The minimum atomic E-state index is -0.335. The summed E-state index contributed by atoms with van der Waals surface area (Å²) in [5.74, 6) is 0.138. The lowest BCUT2D eigenvalue weighted by atomic mass is 9.92. The van der Waals surface area contributed by atoms with Gasteiger partial charge in [0.25, 0.3) is 0 Å². The molecule has 0 saturated carbocycles. The fourth-order valence-corrected chi connectivity index (χ4v) is 3.36. The van der Waals surface area contributed by atoms with Gasteiger partial charge in [0.15, 0.2) is 5.78 Å². The average molecular weight is 367 g/mol. The fraction of sp³-hybridized carbons (Fsp3) is 0.235. The van der Waals surface area contributed by atoms with E-state index in [2.05, 4.69) is 40.2 Å². The van der Waals surface area contributed by atoms with Gasteiger partial charge in [-0.05, 0) is 41.2 Å². The zero-order valence-electron chi connectivity index (χ0n) is 11.5. The van der Waals surface area contributed by atoms with Crippen molar-refractivity contribution in [3.8, 4) is 11.1 Å². The first-order valence-electron chi connectivity index (χ1n) is 6.81. The number of ketones is 1. The molecule has 2 aromatic carbocycles. The van der Waals surface area contributed by atoms with Gasteiger partial charge in [-0.25, -0.2) is 0 Å². The van der Waals surface area contributed by atoms with Crippen LogP contribution in [0.4, 0.5) is 0 Å². The summed E-state index contributed by atoms with van der Waals surface area (Å²) >= 11 is 3.61. The molecule has 3 rings (SSSR count). The molecule has 2 nitrogen and oxygen atoms in total. The molecule has 2 aromatic rings. The molecule has 0 fully saturated rings. The van der Waals surface area contributed by atoms with Gasteiger partial charge < -0.3 is 5.73 Å². The Morgan fingerprint density at radius 2 is 1.76 bits per heavy atom. The van der Waals surface area contributed by atoms with E-state index in [-0.39, 0.29) is 24.2 Å². The second-order valence-corrected chi connectivity index (χ2v) is 6.06. The number of halogens is 2. The maximum Gasteiger partial charge on any atom is 0.153 e. The monoisotopic (exact) mass is 365 g/mol. The number of benzene rings is 2. The average Bonchev–Trinajstić information content (AvgIpc) is 2.61. The molecule has 0 saturated heterocycles. The Balaban J connectivity index is 0.00000161. The fourth-order valence-electron chi connectivity index (χ4n) is 2.79. The van der Waals surface area contributed by atoms with Crippen molar-refractivity contribution in [3.63, 3.8) is 0 Å². The van der Waals surface area contributed by atoms with Crippen LogP contribution in [0.25, 0.3) is 11.1 Å². The van der Waals surface area contributed by atoms with E-state index in [1.807, 2.05) is 18.2 Å². The summed E-state index contributed by atoms with van der Waals surface area (Å²) in [5, 5.41) is 0. The van der Waals surface area contributed by atoms with Crippen LogP contribution in [0.3, 0.4) is 0 Å². The number of carbonyl (C=O) groups is 1. The van der Waals surface area contributed by atoms with Crippen LogP contribution in [-0.4, -0.2) is 11.8 Å². The lowest BCUT2D eigenvalue weighted by Gasteiger charge is -2.14. The van der Waals surface area contributed by atoms with Crippen molar-refractivity contribution in [1.82, 2.24) is 0 Å². The zero-order valence-corrected chi connectivity index (χ0v) is 13.9. The molecule has 110 valence electrons. The summed E-state index contributed by atoms with van der Waals surface area (Å²) < 4.78 is 1.08. The number of hydrogen-bond acceptors (Lipinski definition) is 2. The third-order valence-corrected chi connectivity index (χ3v) is 4.67. The molecule has 1 unspecified atom stereocenters. The number of nitrogens with two attached hydrogens (primary N) is 1. The van der Waals surface area contributed by atoms with Crippen molar-refractivity contribution < 1.29 is 4.79 Å². The summed E-state index contributed by atoms with van der Waals surface area (Å²) in [6.45, 7) is 0. The molecule has 1 atom stereocenters. The van der Waals surface area contributed by atoms with Crippen molar-refractivity contribution in [2.24, 2.45) is 5.73 Å². The highest BCUT2D eigenvalue weighted by Gasteiger charge is 2.24. The van der Waals surface area contributed by atoms with Crippen LogP contribution in [0.15, 0.2) is 46.9 Å². The lowest BCUT2D eigenvalue weighted by molar-refractivity contribution is -0.119. The van der Waals surface area contributed by atoms with Crippen LogP contribution in [0.1, 0.15) is 17.5 Å². The van der Waals surface area contributed by atoms with E-state index in [0.717, 1.165) is 34.0 Å². The van der Waals surface area contributed by atoms with Gasteiger partial charge in [0.2, 0.25) is 0 Å². The minimum absolute atomic E-state index is 0. The Morgan fingerprint density at radius 3 is 2.48 bits per heavy atom. The van der Waals surface area contributed by atoms with Gasteiger partial charge in [0.05, 0.1) is 6.04 Å². The van der Waals surface area contributed by atoms with E-state index in [9.17, 15) is 4.79 Å². The van der Waals surface area contributed by atoms with Gasteiger partial charge in [-0.15, -0.1) is 12.4 Å². The smallest absolute Gasteiger partial charge is 0.153 e. The standard InChI is InChI=1S/C17H16BrNO.ClH/c18-15-8-6-12(11-4-2-1-3-5-11)14-10-17(20)16(19)9-7-13(14)15;/h1-6,8,16H,7,9-10,19H2;1H. The predicted molar refractivity (Wildman–Crippen MR) is 91.8 cm³/mol. The van der Waals surface area contributed by atoms with Gasteiger partial charge in [0.1, 0.15) is 0 Å². The van der Waals surface area contributed by atoms with Gasteiger partial charge in [-0.2, -0.15) is 0 Å². The van der Waals surface area contributed by atoms with Crippen molar-refractivity contribution in [2.75, 3.05) is 0 Å². The molecule has 0 amide bonds. The Bertz CT molecular complexity index is 657. The second kappa shape index (κ2) is 6.73.